The van der Waals surface area contributed by atoms with Crippen LogP contribution < -0.4 is 0 Å². The molecule has 4 heteroatoms. The van der Waals surface area contributed by atoms with Gasteiger partial charge >= 0.3 is 0 Å². The molecule has 0 saturated carbocycles. The Bertz CT molecular complexity index is 294. The lowest BCUT2D eigenvalue weighted by atomic mass is 9.98. The van der Waals surface area contributed by atoms with Gasteiger partial charge in [-0.3, -0.25) is 14.5 Å². The van der Waals surface area contributed by atoms with Crippen LogP contribution >= 0.6 is 0 Å². The van der Waals surface area contributed by atoms with E-state index < -0.39 is 0 Å². The number of amides is 2. The van der Waals surface area contributed by atoms with Crippen LogP contribution in [0.1, 0.15) is 12.8 Å². The van der Waals surface area contributed by atoms with Crippen LogP contribution in [0.25, 0.3) is 0 Å². The largest absolute Gasteiger partial charge is 0.306 e. The average molecular weight is 208 g/mol. The van der Waals surface area contributed by atoms with E-state index in [4.69, 9.17) is 0 Å². The molecule has 82 valence electrons. The van der Waals surface area contributed by atoms with Crippen molar-refractivity contribution in [2.75, 3.05) is 26.7 Å². The summed E-state index contributed by atoms with van der Waals surface area (Å²) in [6.45, 7) is 2.68. The third-order valence-electron chi connectivity index (χ3n) is 3.06. The lowest BCUT2D eigenvalue weighted by molar-refractivity contribution is -0.137. The molecule has 0 aromatic rings. The first-order valence-corrected chi connectivity index (χ1v) is 5.39. The predicted molar refractivity (Wildman–Crippen MR) is 56.1 cm³/mol. The Labute approximate surface area is 89.5 Å². The van der Waals surface area contributed by atoms with Crippen LogP contribution in [0.5, 0.6) is 0 Å². The van der Waals surface area contributed by atoms with Gasteiger partial charge in [-0.1, -0.05) is 0 Å². The molecule has 2 aliphatic heterocycles. The van der Waals surface area contributed by atoms with E-state index in [1.807, 2.05) is 0 Å². The first-order chi connectivity index (χ1) is 7.16. The molecule has 1 unspecified atom stereocenters. The SMILES string of the molecule is CN1CCCC(CN2C(=O)C=CC2=O)C1. The van der Waals surface area contributed by atoms with Gasteiger partial charge < -0.3 is 4.90 Å². The summed E-state index contributed by atoms with van der Waals surface area (Å²) in [5.74, 6) is 0.123. The molecular weight excluding hydrogens is 192 g/mol. The molecule has 0 aliphatic carbocycles. The zero-order chi connectivity index (χ0) is 10.8. The maximum atomic E-state index is 11.3. The van der Waals surface area contributed by atoms with Crippen LogP contribution in [0.2, 0.25) is 0 Å². The summed E-state index contributed by atoms with van der Waals surface area (Å²) in [5.41, 5.74) is 0. The number of carbonyl (C=O) groups excluding carboxylic acids is 2. The van der Waals surface area contributed by atoms with E-state index in [1.54, 1.807) is 0 Å². The highest BCUT2D eigenvalue weighted by Gasteiger charge is 2.27. The van der Waals surface area contributed by atoms with Gasteiger partial charge in [-0.05, 0) is 32.4 Å². The fourth-order valence-corrected chi connectivity index (χ4v) is 2.29. The lowest BCUT2D eigenvalue weighted by Crippen LogP contribution is -2.41. The van der Waals surface area contributed by atoms with Gasteiger partial charge in [-0.25, -0.2) is 0 Å². The fourth-order valence-electron chi connectivity index (χ4n) is 2.29. The Morgan fingerprint density at radius 3 is 2.60 bits per heavy atom. The summed E-state index contributed by atoms with van der Waals surface area (Å²) < 4.78 is 0. The van der Waals surface area contributed by atoms with Gasteiger partial charge in [0.15, 0.2) is 0 Å². The topological polar surface area (TPSA) is 40.6 Å². The van der Waals surface area contributed by atoms with Gasteiger partial charge in [0, 0.05) is 25.2 Å². The molecule has 1 fully saturated rings. The molecule has 2 amide bonds. The smallest absolute Gasteiger partial charge is 0.253 e. The molecular formula is C11H16N2O2. The minimum absolute atomic E-state index is 0.159. The molecule has 0 bridgehead atoms. The van der Waals surface area contributed by atoms with Crippen molar-refractivity contribution in [2.24, 2.45) is 5.92 Å². The van der Waals surface area contributed by atoms with Crippen LogP contribution in [-0.2, 0) is 9.59 Å². The Morgan fingerprint density at radius 2 is 2.00 bits per heavy atom. The van der Waals surface area contributed by atoms with Gasteiger partial charge in [0.25, 0.3) is 11.8 Å². The second-order valence-corrected chi connectivity index (χ2v) is 4.39. The number of carbonyl (C=O) groups is 2. The molecule has 2 heterocycles. The summed E-state index contributed by atoms with van der Waals surface area (Å²) in [7, 11) is 2.08. The molecule has 0 spiro atoms. The lowest BCUT2D eigenvalue weighted by Gasteiger charge is -2.31. The van der Waals surface area contributed by atoms with E-state index in [9.17, 15) is 9.59 Å². The van der Waals surface area contributed by atoms with Crippen LogP contribution in [0, 0.1) is 5.92 Å². The minimum atomic E-state index is -0.159. The fraction of sp³-hybridized carbons (Fsp3) is 0.636. The van der Waals surface area contributed by atoms with Gasteiger partial charge in [0.05, 0.1) is 0 Å². The molecule has 0 aromatic heterocycles. The number of hydrogen-bond acceptors (Lipinski definition) is 3. The van der Waals surface area contributed by atoms with Crippen molar-refractivity contribution in [1.82, 2.24) is 9.80 Å². The van der Waals surface area contributed by atoms with Crippen LogP contribution in [0.3, 0.4) is 0 Å². The summed E-state index contributed by atoms with van der Waals surface area (Å²) in [4.78, 5) is 26.3. The number of nitrogens with zero attached hydrogens (tertiary/aromatic N) is 2. The molecule has 0 radical (unpaired) electrons. The quantitative estimate of drug-likeness (QED) is 0.611. The standard InChI is InChI=1S/C11H16N2O2/c1-12-6-2-3-9(7-12)8-13-10(14)4-5-11(13)15/h4-5,9H,2-3,6-8H2,1H3. The van der Waals surface area contributed by atoms with Crippen molar-refractivity contribution in [3.8, 4) is 0 Å². The molecule has 0 aromatic carbocycles. The van der Waals surface area contributed by atoms with Crippen LogP contribution in [-0.4, -0.2) is 48.3 Å². The third-order valence-corrected chi connectivity index (χ3v) is 3.06. The highest BCUT2D eigenvalue weighted by Crippen LogP contribution is 2.18. The molecule has 4 nitrogen and oxygen atoms in total. The molecule has 1 saturated heterocycles. The first-order valence-electron chi connectivity index (χ1n) is 5.39. The minimum Gasteiger partial charge on any atom is -0.306 e. The monoisotopic (exact) mass is 208 g/mol. The molecule has 2 aliphatic rings. The number of rotatable bonds is 2. The van der Waals surface area contributed by atoms with Crippen LogP contribution in [0.15, 0.2) is 12.2 Å². The maximum Gasteiger partial charge on any atom is 0.253 e. The summed E-state index contributed by atoms with van der Waals surface area (Å²) in [6.07, 6.45) is 4.98. The van der Waals surface area contributed by atoms with Gasteiger partial charge in [0.1, 0.15) is 0 Å². The van der Waals surface area contributed by atoms with E-state index in [1.165, 1.54) is 17.1 Å². The van der Waals surface area contributed by atoms with E-state index in [0.29, 0.717) is 12.5 Å². The average Bonchev–Trinajstić information content (AvgIpc) is 2.50. The van der Waals surface area contributed by atoms with Gasteiger partial charge in [-0.2, -0.15) is 0 Å². The van der Waals surface area contributed by atoms with Crippen molar-refractivity contribution >= 4 is 11.8 Å². The Hall–Kier alpha value is -1.16. The summed E-state index contributed by atoms with van der Waals surface area (Å²) >= 11 is 0. The van der Waals surface area contributed by atoms with Gasteiger partial charge in [-0.15, -0.1) is 0 Å². The Morgan fingerprint density at radius 1 is 1.33 bits per heavy atom. The van der Waals surface area contributed by atoms with Crippen LogP contribution in [0.4, 0.5) is 0 Å². The van der Waals surface area contributed by atoms with Crippen molar-refractivity contribution < 1.29 is 9.59 Å². The number of piperidine rings is 1. The molecule has 0 N–H and O–H groups in total. The molecule has 2 rings (SSSR count). The van der Waals surface area contributed by atoms with Crippen molar-refractivity contribution in [3.63, 3.8) is 0 Å². The maximum absolute atomic E-state index is 11.3. The first kappa shape index (κ1) is 10.4. The Balaban J connectivity index is 1.91. The Kier molecular flexibility index (Phi) is 2.86. The van der Waals surface area contributed by atoms with E-state index in [0.717, 1.165) is 25.9 Å². The van der Waals surface area contributed by atoms with E-state index >= 15 is 0 Å². The summed E-state index contributed by atoms with van der Waals surface area (Å²) in [5, 5.41) is 0. The molecule has 1 atom stereocenters. The number of likely N-dealkylation sites (tertiary alicyclic amines) is 1. The second-order valence-electron chi connectivity index (χ2n) is 4.39. The number of imide groups is 1. The van der Waals surface area contributed by atoms with Crippen molar-refractivity contribution in [1.29, 1.82) is 0 Å². The second kappa shape index (κ2) is 4.14. The van der Waals surface area contributed by atoms with Crippen molar-refractivity contribution in [3.05, 3.63) is 12.2 Å². The normalized spacial score (nSPS) is 27.8. The summed E-state index contributed by atoms with van der Waals surface area (Å²) in [6, 6.07) is 0. The number of hydrogen-bond donors (Lipinski definition) is 0. The predicted octanol–water partition coefficient (Wildman–Crippen LogP) is 0.253. The zero-order valence-corrected chi connectivity index (χ0v) is 8.98. The van der Waals surface area contributed by atoms with Crippen molar-refractivity contribution in [2.45, 2.75) is 12.8 Å². The molecule has 15 heavy (non-hydrogen) atoms. The highest BCUT2D eigenvalue weighted by molar-refractivity contribution is 6.12. The third kappa shape index (κ3) is 2.26. The zero-order valence-electron chi connectivity index (χ0n) is 8.98. The van der Waals surface area contributed by atoms with Gasteiger partial charge in [0.2, 0.25) is 0 Å². The van der Waals surface area contributed by atoms with E-state index in [2.05, 4.69) is 11.9 Å². The highest BCUT2D eigenvalue weighted by atomic mass is 16.2. The van der Waals surface area contributed by atoms with E-state index in [-0.39, 0.29) is 11.8 Å².